The van der Waals surface area contributed by atoms with Gasteiger partial charge in [-0.25, -0.2) is 9.79 Å². The molecule has 0 bridgehead atoms. The first-order valence-corrected chi connectivity index (χ1v) is 8.36. The predicted octanol–water partition coefficient (Wildman–Crippen LogP) is 0.752. The number of piperidine rings is 1. The summed E-state index contributed by atoms with van der Waals surface area (Å²) >= 11 is 0. The molecule has 2 rings (SSSR count). The molecule has 2 saturated heterocycles. The molecule has 9 heteroatoms. The van der Waals surface area contributed by atoms with Crippen molar-refractivity contribution in [2.45, 2.75) is 38.6 Å². The van der Waals surface area contributed by atoms with Gasteiger partial charge in [-0.15, -0.1) is 24.0 Å². The van der Waals surface area contributed by atoms with E-state index in [1.165, 1.54) is 0 Å². The standard InChI is InChI=1S/C15H27N5O3.HI/c1-2-23-15(22)20-9-5-12(6-10-20)18-14(16)17-11-13(21)19-7-3-4-8-19;/h12H,2-11H2,1H3,(H3,16,17,18);1H. The Labute approximate surface area is 160 Å². The van der Waals surface area contributed by atoms with Crippen LogP contribution in [0.5, 0.6) is 0 Å². The summed E-state index contributed by atoms with van der Waals surface area (Å²) in [5.74, 6) is 0.330. The number of nitrogens with zero attached hydrogens (tertiary/aromatic N) is 3. The molecule has 2 heterocycles. The maximum Gasteiger partial charge on any atom is 0.409 e. The molecule has 8 nitrogen and oxygen atoms in total. The topological polar surface area (TPSA) is 100 Å². The second kappa shape index (κ2) is 10.6. The zero-order valence-corrected chi connectivity index (χ0v) is 16.5. The Balaban J connectivity index is 0.00000288. The van der Waals surface area contributed by atoms with Crippen molar-refractivity contribution < 1.29 is 14.3 Å². The van der Waals surface area contributed by atoms with E-state index in [-0.39, 0.29) is 48.6 Å². The average molecular weight is 453 g/mol. The maximum atomic E-state index is 11.9. The summed E-state index contributed by atoms with van der Waals surface area (Å²) in [5, 5.41) is 3.13. The quantitative estimate of drug-likeness (QED) is 0.372. The van der Waals surface area contributed by atoms with Gasteiger partial charge >= 0.3 is 6.09 Å². The number of ether oxygens (including phenoxy) is 1. The van der Waals surface area contributed by atoms with Crippen LogP contribution in [-0.4, -0.2) is 73.1 Å². The Morgan fingerprint density at radius 1 is 1.17 bits per heavy atom. The Morgan fingerprint density at radius 2 is 1.79 bits per heavy atom. The normalized spacial score (nSPS) is 19.0. The first-order valence-electron chi connectivity index (χ1n) is 8.36. The summed E-state index contributed by atoms with van der Waals surface area (Å²) < 4.78 is 4.99. The highest BCUT2D eigenvalue weighted by atomic mass is 127. The van der Waals surface area contributed by atoms with Crippen LogP contribution < -0.4 is 11.1 Å². The molecule has 138 valence electrons. The molecule has 0 aromatic carbocycles. The summed E-state index contributed by atoms with van der Waals surface area (Å²) in [6.45, 7) is 5.21. The molecule has 3 N–H and O–H groups in total. The minimum Gasteiger partial charge on any atom is -0.450 e. The largest absolute Gasteiger partial charge is 0.450 e. The molecule has 0 atom stereocenters. The van der Waals surface area contributed by atoms with E-state index in [1.54, 1.807) is 11.8 Å². The fraction of sp³-hybridized carbons (Fsp3) is 0.800. The Morgan fingerprint density at radius 3 is 2.38 bits per heavy atom. The zero-order chi connectivity index (χ0) is 16.7. The molecule has 0 unspecified atom stereocenters. The van der Waals surface area contributed by atoms with Gasteiger partial charge in [0.15, 0.2) is 5.96 Å². The fourth-order valence-electron chi connectivity index (χ4n) is 2.90. The fourth-order valence-corrected chi connectivity index (χ4v) is 2.90. The first-order chi connectivity index (χ1) is 11.1. The third kappa shape index (κ3) is 6.33. The van der Waals surface area contributed by atoms with Gasteiger partial charge in [0.05, 0.1) is 6.61 Å². The van der Waals surface area contributed by atoms with Gasteiger partial charge in [-0.05, 0) is 32.6 Å². The van der Waals surface area contributed by atoms with Crippen molar-refractivity contribution in [1.29, 1.82) is 0 Å². The number of nitrogens with two attached hydrogens (primary N) is 1. The van der Waals surface area contributed by atoms with E-state index in [2.05, 4.69) is 10.3 Å². The van der Waals surface area contributed by atoms with Gasteiger partial charge < -0.3 is 25.6 Å². The number of likely N-dealkylation sites (tertiary alicyclic amines) is 2. The van der Waals surface area contributed by atoms with Gasteiger partial charge in [-0.3, -0.25) is 4.79 Å². The van der Waals surface area contributed by atoms with Crippen LogP contribution in [0.25, 0.3) is 0 Å². The van der Waals surface area contributed by atoms with E-state index >= 15 is 0 Å². The number of hydrogen-bond acceptors (Lipinski definition) is 4. The van der Waals surface area contributed by atoms with Crippen molar-refractivity contribution in [3.63, 3.8) is 0 Å². The molecular weight excluding hydrogens is 425 g/mol. The lowest BCUT2D eigenvalue weighted by molar-refractivity contribution is -0.128. The second-order valence-electron chi connectivity index (χ2n) is 5.89. The molecule has 0 aromatic heterocycles. The maximum absolute atomic E-state index is 11.9. The number of guanidine groups is 1. The highest BCUT2D eigenvalue weighted by Gasteiger charge is 2.24. The Bertz CT molecular complexity index is 446. The number of amides is 2. The number of halogens is 1. The van der Waals surface area contributed by atoms with Crippen molar-refractivity contribution in [2.75, 3.05) is 39.3 Å². The smallest absolute Gasteiger partial charge is 0.409 e. The van der Waals surface area contributed by atoms with Crippen LogP contribution in [0.4, 0.5) is 4.79 Å². The molecule has 24 heavy (non-hydrogen) atoms. The summed E-state index contributed by atoms with van der Waals surface area (Å²) in [4.78, 5) is 31.2. The van der Waals surface area contributed by atoms with Crippen LogP contribution in [0, 0.1) is 0 Å². The van der Waals surface area contributed by atoms with Crippen LogP contribution in [0.1, 0.15) is 32.6 Å². The van der Waals surface area contributed by atoms with Gasteiger partial charge in [0.25, 0.3) is 0 Å². The average Bonchev–Trinajstić information content (AvgIpc) is 3.08. The van der Waals surface area contributed by atoms with Gasteiger partial charge in [-0.1, -0.05) is 0 Å². The molecular formula is C15H28IN5O3. The summed E-state index contributed by atoms with van der Waals surface area (Å²) in [5.41, 5.74) is 5.86. The predicted molar refractivity (Wildman–Crippen MR) is 102 cm³/mol. The minimum absolute atomic E-state index is 0. The van der Waals surface area contributed by atoms with E-state index in [9.17, 15) is 9.59 Å². The van der Waals surface area contributed by atoms with E-state index in [4.69, 9.17) is 10.5 Å². The van der Waals surface area contributed by atoms with Gasteiger partial charge in [0, 0.05) is 32.2 Å². The number of carbonyl (C=O) groups is 2. The number of carbonyl (C=O) groups excluding carboxylic acids is 2. The van der Waals surface area contributed by atoms with Gasteiger partial charge in [-0.2, -0.15) is 0 Å². The number of aliphatic imine (C=N–C) groups is 1. The first kappa shape index (κ1) is 20.8. The van der Waals surface area contributed by atoms with Crippen LogP contribution in [0.2, 0.25) is 0 Å². The number of hydrogen-bond donors (Lipinski definition) is 2. The Hall–Kier alpha value is -1.26. The highest BCUT2D eigenvalue weighted by Crippen LogP contribution is 2.11. The lowest BCUT2D eigenvalue weighted by Gasteiger charge is -2.31. The van der Waals surface area contributed by atoms with Crippen molar-refractivity contribution in [3.05, 3.63) is 0 Å². The molecule has 0 aromatic rings. The molecule has 2 amide bonds. The molecule has 0 saturated carbocycles. The monoisotopic (exact) mass is 453 g/mol. The second-order valence-corrected chi connectivity index (χ2v) is 5.89. The van der Waals surface area contributed by atoms with Crippen LogP contribution >= 0.6 is 24.0 Å². The van der Waals surface area contributed by atoms with E-state index < -0.39 is 0 Å². The minimum atomic E-state index is -0.260. The van der Waals surface area contributed by atoms with Crippen LogP contribution in [-0.2, 0) is 9.53 Å². The molecule has 0 radical (unpaired) electrons. The lowest BCUT2D eigenvalue weighted by Crippen LogP contribution is -2.48. The third-order valence-corrected chi connectivity index (χ3v) is 4.22. The van der Waals surface area contributed by atoms with E-state index in [0.29, 0.717) is 25.7 Å². The van der Waals surface area contributed by atoms with E-state index in [1.807, 2.05) is 4.90 Å². The zero-order valence-electron chi connectivity index (χ0n) is 14.2. The molecule has 2 aliphatic rings. The number of nitrogens with one attached hydrogen (secondary N) is 1. The van der Waals surface area contributed by atoms with Gasteiger partial charge in [0.1, 0.15) is 6.54 Å². The van der Waals surface area contributed by atoms with Crippen molar-refractivity contribution >= 4 is 41.9 Å². The van der Waals surface area contributed by atoms with Crippen molar-refractivity contribution in [2.24, 2.45) is 10.7 Å². The lowest BCUT2D eigenvalue weighted by atomic mass is 10.1. The number of rotatable bonds is 4. The van der Waals surface area contributed by atoms with Crippen LogP contribution in [0.3, 0.4) is 0 Å². The van der Waals surface area contributed by atoms with Crippen molar-refractivity contribution in [1.82, 2.24) is 15.1 Å². The molecule has 0 aliphatic carbocycles. The summed E-state index contributed by atoms with van der Waals surface area (Å²) in [6.07, 6.45) is 3.46. The third-order valence-electron chi connectivity index (χ3n) is 4.22. The summed E-state index contributed by atoms with van der Waals surface area (Å²) in [7, 11) is 0. The molecule has 2 aliphatic heterocycles. The highest BCUT2D eigenvalue weighted by molar-refractivity contribution is 14.0. The van der Waals surface area contributed by atoms with Gasteiger partial charge in [0.2, 0.25) is 5.91 Å². The Kier molecular flexibility index (Phi) is 9.16. The van der Waals surface area contributed by atoms with Crippen molar-refractivity contribution in [3.8, 4) is 0 Å². The molecule has 2 fully saturated rings. The summed E-state index contributed by atoms with van der Waals surface area (Å²) in [6, 6.07) is 0.173. The SMILES string of the molecule is CCOC(=O)N1CCC(NC(N)=NCC(=O)N2CCCC2)CC1.I. The van der Waals surface area contributed by atoms with E-state index in [0.717, 1.165) is 38.8 Å². The van der Waals surface area contributed by atoms with Crippen LogP contribution in [0.15, 0.2) is 4.99 Å². The molecule has 0 spiro atoms.